The molecule has 3 rings (SSSR count). The summed E-state index contributed by atoms with van der Waals surface area (Å²) in [7, 11) is 1.67. The van der Waals surface area contributed by atoms with Crippen LogP contribution in [0.15, 0.2) is 41.7 Å². The van der Waals surface area contributed by atoms with Crippen molar-refractivity contribution in [3.05, 3.63) is 42.1 Å². The van der Waals surface area contributed by atoms with Crippen LogP contribution >= 0.6 is 11.8 Å². The van der Waals surface area contributed by atoms with Gasteiger partial charge >= 0.3 is 0 Å². The first-order valence-corrected chi connectivity index (χ1v) is 11.1. The van der Waals surface area contributed by atoms with Crippen molar-refractivity contribution in [3.8, 4) is 0 Å². The molecule has 0 saturated carbocycles. The molecule has 0 aliphatic carbocycles. The molecule has 3 aromatic rings. The lowest BCUT2D eigenvalue weighted by atomic mass is 10.1. The number of nitrogens with one attached hydrogen (secondary N) is 2. The van der Waals surface area contributed by atoms with Crippen molar-refractivity contribution in [3.63, 3.8) is 0 Å². The molecule has 0 spiro atoms. The van der Waals surface area contributed by atoms with Gasteiger partial charge in [0.1, 0.15) is 5.82 Å². The number of hydrogen-bond donors (Lipinski definition) is 2. The maximum absolute atomic E-state index is 12.2. The van der Waals surface area contributed by atoms with Gasteiger partial charge in [-0.2, -0.15) is 5.10 Å². The van der Waals surface area contributed by atoms with Gasteiger partial charge in [-0.3, -0.25) is 4.79 Å². The van der Waals surface area contributed by atoms with Crippen molar-refractivity contribution in [2.45, 2.75) is 31.5 Å². The number of rotatable bonds is 12. The highest BCUT2D eigenvalue weighted by atomic mass is 32.2. The van der Waals surface area contributed by atoms with Gasteiger partial charge in [-0.1, -0.05) is 49.0 Å². The molecular formula is C21H28N6O2S. The zero-order valence-corrected chi connectivity index (χ0v) is 18.2. The van der Waals surface area contributed by atoms with Crippen LogP contribution in [-0.2, 0) is 22.5 Å². The minimum absolute atomic E-state index is 0.0362. The number of thioether (sulfide) groups is 1. The van der Waals surface area contributed by atoms with Gasteiger partial charge in [0.15, 0.2) is 10.8 Å². The third-order valence-corrected chi connectivity index (χ3v) is 5.21. The molecule has 9 heteroatoms. The Morgan fingerprint density at radius 1 is 1.20 bits per heavy atom. The summed E-state index contributed by atoms with van der Waals surface area (Å²) < 4.78 is 6.93. The molecule has 8 nitrogen and oxygen atoms in total. The molecule has 0 aliphatic heterocycles. The van der Waals surface area contributed by atoms with E-state index in [-0.39, 0.29) is 5.91 Å². The lowest BCUT2D eigenvalue weighted by Gasteiger charge is -2.09. The first-order valence-electron chi connectivity index (χ1n) is 10.1. The van der Waals surface area contributed by atoms with E-state index in [2.05, 4.69) is 32.6 Å². The number of nitrogens with zero attached hydrogens (tertiary/aromatic N) is 4. The molecule has 0 atom stereocenters. The van der Waals surface area contributed by atoms with Crippen molar-refractivity contribution < 1.29 is 9.53 Å². The molecule has 2 N–H and O–H groups in total. The summed E-state index contributed by atoms with van der Waals surface area (Å²) >= 11 is 1.58. The van der Waals surface area contributed by atoms with Crippen molar-refractivity contribution in [1.29, 1.82) is 0 Å². The van der Waals surface area contributed by atoms with E-state index in [0.29, 0.717) is 37.8 Å². The topological polar surface area (TPSA) is 94.0 Å². The molecule has 30 heavy (non-hydrogen) atoms. The van der Waals surface area contributed by atoms with Crippen LogP contribution in [0, 0.1) is 0 Å². The number of anilines is 1. The quantitative estimate of drug-likeness (QED) is 0.260. The summed E-state index contributed by atoms with van der Waals surface area (Å²) in [5, 5.41) is 12.3. The summed E-state index contributed by atoms with van der Waals surface area (Å²) in [4.78, 5) is 21.4. The van der Waals surface area contributed by atoms with E-state index in [4.69, 9.17) is 4.74 Å². The van der Waals surface area contributed by atoms with Gasteiger partial charge in [0.25, 0.3) is 0 Å². The Hall–Kier alpha value is -2.65. The number of hydrogen-bond acceptors (Lipinski definition) is 7. The molecule has 0 aliphatic rings. The van der Waals surface area contributed by atoms with Gasteiger partial charge in [-0.15, -0.1) is 0 Å². The van der Waals surface area contributed by atoms with Gasteiger partial charge in [-0.25, -0.2) is 14.6 Å². The van der Waals surface area contributed by atoms with Crippen LogP contribution in [0.1, 0.15) is 18.9 Å². The van der Waals surface area contributed by atoms with E-state index < -0.39 is 0 Å². The Labute approximate surface area is 180 Å². The number of methoxy groups -OCH3 is 1. The fourth-order valence-electron chi connectivity index (χ4n) is 2.99. The summed E-state index contributed by atoms with van der Waals surface area (Å²) in [5.41, 5.74) is 1.93. The van der Waals surface area contributed by atoms with E-state index in [1.54, 1.807) is 25.1 Å². The van der Waals surface area contributed by atoms with Crippen LogP contribution in [0.4, 0.5) is 5.82 Å². The number of benzene rings is 1. The average molecular weight is 429 g/mol. The average Bonchev–Trinajstić information content (AvgIpc) is 3.16. The number of fused-ring (bicyclic) bond motifs is 1. The highest BCUT2D eigenvalue weighted by molar-refractivity contribution is 7.99. The van der Waals surface area contributed by atoms with Crippen LogP contribution in [0.5, 0.6) is 0 Å². The third kappa shape index (κ3) is 6.17. The lowest BCUT2D eigenvalue weighted by Crippen LogP contribution is -2.27. The largest absolute Gasteiger partial charge is 0.383 e. The van der Waals surface area contributed by atoms with Crippen LogP contribution < -0.4 is 10.6 Å². The fraction of sp³-hybridized carbons (Fsp3) is 0.429. The van der Waals surface area contributed by atoms with Crippen LogP contribution in [0.3, 0.4) is 0 Å². The Kier molecular flexibility index (Phi) is 8.46. The molecule has 0 saturated heterocycles. The summed E-state index contributed by atoms with van der Waals surface area (Å²) in [6.45, 7) is 4.35. The van der Waals surface area contributed by atoms with Gasteiger partial charge in [0.2, 0.25) is 5.91 Å². The predicted octanol–water partition coefficient (Wildman–Crippen LogP) is 2.75. The maximum Gasteiger partial charge on any atom is 0.220 e. The first-order chi connectivity index (χ1) is 14.7. The number of aryl methyl sites for hydroxylation is 1. The second-order valence-electron chi connectivity index (χ2n) is 6.65. The Morgan fingerprint density at radius 3 is 2.80 bits per heavy atom. The SMILES string of the molecule is CCSc1nc(NCCOC)c2cnn(CCNC(=O)CCc3ccccc3)c2n1. The minimum atomic E-state index is 0.0362. The van der Waals surface area contributed by atoms with Gasteiger partial charge < -0.3 is 15.4 Å². The van der Waals surface area contributed by atoms with Crippen LogP contribution in [0.25, 0.3) is 11.0 Å². The number of amides is 1. The molecule has 1 aromatic carbocycles. The van der Waals surface area contributed by atoms with Gasteiger partial charge in [-0.05, 0) is 17.7 Å². The van der Waals surface area contributed by atoms with Gasteiger partial charge in [0.05, 0.1) is 24.7 Å². The molecule has 0 fully saturated rings. The predicted molar refractivity (Wildman–Crippen MR) is 120 cm³/mol. The lowest BCUT2D eigenvalue weighted by molar-refractivity contribution is -0.121. The maximum atomic E-state index is 12.2. The summed E-state index contributed by atoms with van der Waals surface area (Å²) in [6.07, 6.45) is 2.97. The summed E-state index contributed by atoms with van der Waals surface area (Å²) in [5.74, 6) is 1.68. The van der Waals surface area contributed by atoms with Crippen LogP contribution in [-0.4, -0.2) is 58.2 Å². The van der Waals surface area contributed by atoms with E-state index in [9.17, 15) is 4.79 Å². The molecule has 2 aromatic heterocycles. The highest BCUT2D eigenvalue weighted by Crippen LogP contribution is 2.24. The second kappa shape index (κ2) is 11.5. The van der Waals surface area contributed by atoms with Crippen molar-refractivity contribution in [1.82, 2.24) is 25.1 Å². The molecule has 0 unspecified atom stereocenters. The standard InChI is InChI=1S/C21H28N6O2S/c1-3-30-21-25-19(23-12-14-29-2)17-15-24-27(20(17)26-21)13-11-22-18(28)10-9-16-7-5-4-6-8-16/h4-8,15H,3,9-14H2,1-2H3,(H,22,28)(H,23,25,26). The van der Waals surface area contributed by atoms with Crippen molar-refractivity contribution in [2.24, 2.45) is 0 Å². The molecule has 2 heterocycles. The minimum Gasteiger partial charge on any atom is -0.383 e. The first kappa shape index (κ1) is 22.0. The smallest absolute Gasteiger partial charge is 0.220 e. The normalized spacial score (nSPS) is 11.0. The number of ether oxygens (including phenoxy) is 1. The number of carbonyl (C=O) groups is 1. The fourth-order valence-corrected chi connectivity index (χ4v) is 3.56. The molecule has 1 amide bonds. The van der Waals surface area contributed by atoms with E-state index in [0.717, 1.165) is 34.6 Å². The number of carbonyl (C=O) groups excluding carboxylic acids is 1. The molecule has 0 radical (unpaired) electrons. The highest BCUT2D eigenvalue weighted by Gasteiger charge is 2.13. The molecule has 160 valence electrons. The van der Waals surface area contributed by atoms with E-state index in [1.807, 2.05) is 35.0 Å². The zero-order chi connectivity index (χ0) is 21.2. The molecule has 0 bridgehead atoms. The Bertz CT molecular complexity index is 947. The van der Waals surface area contributed by atoms with E-state index >= 15 is 0 Å². The van der Waals surface area contributed by atoms with Crippen molar-refractivity contribution in [2.75, 3.05) is 37.9 Å². The zero-order valence-electron chi connectivity index (χ0n) is 17.4. The third-order valence-electron chi connectivity index (χ3n) is 4.48. The Balaban J connectivity index is 1.60. The monoisotopic (exact) mass is 428 g/mol. The Morgan fingerprint density at radius 2 is 2.03 bits per heavy atom. The van der Waals surface area contributed by atoms with E-state index in [1.165, 1.54) is 0 Å². The van der Waals surface area contributed by atoms with Gasteiger partial charge in [0, 0.05) is 26.6 Å². The second-order valence-corrected chi connectivity index (χ2v) is 7.88. The summed E-state index contributed by atoms with van der Waals surface area (Å²) in [6, 6.07) is 10.0. The number of aromatic nitrogens is 4. The van der Waals surface area contributed by atoms with Crippen LogP contribution in [0.2, 0.25) is 0 Å². The van der Waals surface area contributed by atoms with Crippen molar-refractivity contribution >= 4 is 34.5 Å². The molecular weight excluding hydrogens is 400 g/mol.